The van der Waals surface area contributed by atoms with Crippen molar-refractivity contribution >= 4 is 11.7 Å². The van der Waals surface area contributed by atoms with E-state index in [1.165, 1.54) is 6.92 Å². The van der Waals surface area contributed by atoms with Gasteiger partial charge in [-0.05, 0) is 43.7 Å². The largest absolute Gasteiger partial charge is 0.496 e. The van der Waals surface area contributed by atoms with Gasteiger partial charge in [-0.25, -0.2) is 0 Å². The Labute approximate surface area is 119 Å². The smallest absolute Gasteiger partial charge is 0.216 e. The number of benzene rings is 1. The first-order chi connectivity index (χ1) is 9.54. The lowest BCUT2D eigenvalue weighted by Crippen LogP contribution is -2.28. The summed E-state index contributed by atoms with van der Waals surface area (Å²) in [5.74, 6) is 0.801. The molecule has 0 heterocycles. The zero-order valence-corrected chi connectivity index (χ0v) is 12.3. The lowest BCUT2D eigenvalue weighted by Gasteiger charge is -2.08. The van der Waals surface area contributed by atoms with E-state index in [9.17, 15) is 9.59 Å². The zero-order chi connectivity index (χ0) is 15.0. The van der Waals surface area contributed by atoms with Gasteiger partial charge < -0.3 is 15.4 Å². The molecule has 0 saturated carbocycles. The highest BCUT2D eigenvalue weighted by molar-refractivity contribution is 5.97. The third-order valence-corrected chi connectivity index (χ3v) is 2.91. The molecule has 110 valence electrons. The lowest BCUT2D eigenvalue weighted by atomic mass is 10.1. The predicted molar refractivity (Wildman–Crippen MR) is 78.2 cm³/mol. The summed E-state index contributed by atoms with van der Waals surface area (Å²) in [7, 11) is 1.61. The zero-order valence-electron chi connectivity index (χ0n) is 12.3. The van der Waals surface area contributed by atoms with Crippen molar-refractivity contribution in [3.63, 3.8) is 0 Å². The predicted octanol–water partition coefficient (Wildman–Crippen LogP) is 1.30. The second-order valence-corrected chi connectivity index (χ2v) is 4.62. The van der Waals surface area contributed by atoms with Crippen LogP contribution in [-0.4, -0.2) is 38.4 Å². The van der Waals surface area contributed by atoms with E-state index in [-0.39, 0.29) is 11.7 Å². The molecule has 0 fully saturated rings. The highest BCUT2D eigenvalue weighted by atomic mass is 16.5. The monoisotopic (exact) mass is 278 g/mol. The number of hydrogen-bond donors (Lipinski definition) is 2. The first kappa shape index (κ1) is 16.2. The molecule has 0 aliphatic carbocycles. The highest BCUT2D eigenvalue weighted by Crippen LogP contribution is 2.18. The fraction of sp³-hybridized carbons (Fsp3) is 0.467. The fourth-order valence-electron chi connectivity index (χ4n) is 1.83. The summed E-state index contributed by atoms with van der Waals surface area (Å²) >= 11 is 0. The second kappa shape index (κ2) is 8.32. The number of amides is 1. The van der Waals surface area contributed by atoms with Crippen LogP contribution in [0.15, 0.2) is 18.2 Å². The van der Waals surface area contributed by atoms with Crippen molar-refractivity contribution in [1.29, 1.82) is 0 Å². The average Bonchev–Trinajstić information content (AvgIpc) is 2.42. The van der Waals surface area contributed by atoms with Gasteiger partial charge in [-0.1, -0.05) is 0 Å². The van der Waals surface area contributed by atoms with Crippen molar-refractivity contribution < 1.29 is 14.3 Å². The van der Waals surface area contributed by atoms with E-state index in [0.717, 1.165) is 17.7 Å². The summed E-state index contributed by atoms with van der Waals surface area (Å²) in [6.45, 7) is 5.02. The Kier molecular flexibility index (Phi) is 6.73. The SMILES string of the molecule is COc1ccc(C(=O)CNCCCNC(C)=O)cc1C. The first-order valence-corrected chi connectivity index (χ1v) is 6.67. The maximum absolute atomic E-state index is 12.0. The van der Waals surface area contributed by atoms with Gasteiger partial charge in [-0.15, -0.1) is 0 Å². The molecular weight excluding hydrogens is 256 g/mol. The summed E-state index contributed by atoms with van der Waals surface area (Å²) < 4.78 is 5.16. The summed E-state index contributed by atoms with van der Waals surface area (Å²) in [5.41, 5.74) is 1.63. The van der Waals surface area contributed by atoms with Crippen LogP contribution in [0.1, 0.15) is 29.3 Å². The third-order valence-electron chi connectivity index (χ3n) is 2.91. The summed E-state index contributed by atoms with van der Waals surface area (Å²) in [4.78, 5) is 22.6. The van der Waals surface area contributed by atoms with Gasteiger partial charge in [0.25, 0.3) is 0 Å². The van der Waals surface area contributed by atoms with E-state index in [4.69, 9.17) is 4.74 Å². The van der Waals surface area contributed by atoms with Gasteiger partial charge in [0.2, 0.25) is 5.91 Å². The number of nitrogens with one attached hydrogen (secondary N) is 2. The van der Waals surface area contributed by atoms with Crippen molar-refractivity contribution in [2.75, 3.05) is 26.7 Å². The average molecular weight is 278 g/mol. The molecule has 5 nitrogen and oxygen atoms in total. The van der Waals surface area contributed by atoms with E-state index in [0.29, 0.717) is 25.2 Å². The van der Waals surface area contributed by atoms with Gasteiger partial charge in [0, 0.05) is 19.0 Å². The van der Waals surface area contributed by atoms with Gasteiger partial charge in [0.15, 0.2) is 5.78 Å². The van der Waals surface area contributed by atoms with Crippen molar-refractivity contribution in [2.24, 2.45) is 0 Å². The summed E-state index contributed by atoms with van der Waals surface area (Å²) in [6, 6.07) is 5.41. The molecule has 0 radical (unpaired) electrons. The number of aryl methyl sites for hydroxylation is 1. The Hall–Kier alpha value is -1.88. The number of methoxy groups -OCH3 is 1. The van der Waals surface area contributed by atoms with E-state index >= 15 is 0 Å². The molecule has 1 amide bonds. The minimum Gasteiger partial charge on any atom is -0.496 e. The van der Waals surface area contributed by atoms with Crippen molar-refractivity contribution in [2.45, 2.75) is 20.3 Å². The number of ether oxygens (including phenoxy) is 1. The molecule has 2 N–H and O–H groups in total. The van der Waals surface area contributed by atoms with Crippen LogP contribution in [-0.2, 0) is 4.79 Å². The number of carbonyl (C=O) groups is 2. The number of rotatable bonds is 8. The van der Waals surface area contributed by atoms with E-state index in [1.807, 2.05) is 13.0 Å². The molecule has 0 aliphatic heterocycles. The topological polar surface area (TPSA) is 67.4 Å². The number of carbonyl (C=O) groups excluding carboxylic acids is 2. The minimum absolute atomic E-state index is 0.0326. The molecular formula is C15H22N2O3. The molecule has 0 atom stereocenters. The van der Waals surface area contributed by atoms with E-state index in [2.05, 4.69) is 10.6 Å². The minimum atomic E-state index is -0.0326. The van der Waals surface area contributed by atoms with Crippen molar-refractivity contribution in [3.05, 3.63) is 29.3 Å². The Morgan fingerprint density at radius 2 is 2.00 bits per heavy atom. The molecule has 1 rings (SSSR count). The van der Waals surface area contributed by atoms with Gasteiger partial charge in [0.1, 0.15) is 5.75 Å². The fourth-order valence-corrected chi connectivity index (χ4v) is 1.83. The van der Waals surface area contributed by atoms with Gasteiger partial charge >= 0.3 is 0 Å². The second-order valence-electron chi connectivity index (χ2n) is 4.62. The Morgan fingerprint density at radius 1 is 1.25 bits per heavy atom. The van der Waals surface area contributed by atoms with Gasteiger partial charge in [-0.3, -0.25) is 9.59 Å². The molecule has 0 spiro atoms. The number of ketones is 1. The lowest BCUT2D eigenvalue weighted by molar-refractivity contribution is -0.118. The quantitative estimate of drug-likeness (QED) is 0.555. The van der Waals surface area contributed by atoms with Crippen LogP contribution < -0.4 is 15.4 Å². The van der Waals surface area contributed by atoms with Crippen LogP contribution in [0, 0.1) is 6.92 Å². The van der Waals surface area contributed by atoms with Crippen LogP contribution in [0.3, 0.4) is 0 Å². The number of Topliss-reactive ketones (excluding diaryl/α,β-unsaturated/α-hetero) is 1. The van der Waals surface area contributed by atoms with Crippen LogP contribution in [0.5, 0.6) is 5.75 Å². The van der Waals surface area contributed by atoms with Crippen LogP contribution in [0.4, 0.5) is 0 Å². The maximum Gasteiger partial charge on any atom is 0.216 e. The van der Waals surface area contributed by atoms with Crippen LogP contribution in [0.2, 0.25) is 0 Å². The highest BCUT2D eigenvalue weighted by Gasteiger charge is 2.07. The molecule has 0 aliphatic rings. The normalized spacial score (nSPS) is 10.2. The van der Waals surface area contributed by atoms with Gasteiger partial charge in [0.05, 0.1) is 13.7 Å². The van der Waals surface area contributed by atoms with Crippen molar-refractivity contribution in [3.8, 4) is 5.75 Å². The molecule has 0 saturated heterocycles. The van der Waals surface area contributed by atoms with E-state index < -0.39 is 0 Å². The van der Waals surface area contributed by atoms with Crippen molar-refractivity contribution in [1.82, 2.24) is 10.6 Å². The first-order valence-electron chi connectivity index (χ1n) is 6.67. The third kappa shape index (κ3) is 5.40. The summed E-state index contributed by atoms with van der Waals surface area (Å²) in [5, 5.41) is 5.78. The molecule has 20 heavy (non-hydrogen) atoms. The van der Waals surface area contributed by atoms with Crippen LogP contribution in [0.25, 0.3) is 0 Å². The Balaban J connectivity index is 2.32. The molecule has 1 aromatic rings. The Bertz CT molecular complexity index is 472. The summed E-state index contributed by atoms with van der Waals surface area (Å²) in [6.07, 6.45) is 0.800. The maximum atomic E-state index is 12.0. The van der Waals surface area contributed by atoms with Gasteiger partial charge in [-0.2, -0.15) is 0 Å². The molecule has 5 heteroatoms. The Morgan fingerprint density at radius 3 is 2.60 bits per heavy atom. The standard InChI is InChI=1S/C15H22N2O3/c1-11-9-13(5-6-15(11)20-3)14(19)10-16-7-4-8-17-12(2)18/h5-6,9,16H,4,7-8,10H2,1-3H3,(H,17,18). The molecule has 0 aromatic heterocycles. The van der Waals surface area contributed by atoms with Crippen LogP contribution >= 0.6 is 0 Å². The van der Waals surface area contributed by atoms with E-state index in [1.54, 1.807) is 19.2 Å². The molecule has 1 aromatic carbocycles. The molecule has 0 unspecified atom stereocenters. The number of hydrogen-bond acceptors (Lipinski definition) is 4. The molecule has 0 bridgehead atoms.